The molecule has 1 radical (unpaired) electrons. The number of nitrogens with zero attached hydrogens (tertiary/aromatic N) is 1. The van der Waals surface area contributed by atoms with E-state index in [0.29, 0.717) is 0 Å². The fraction of sp³-hybridized carbons (Fsp3) is 1.00. The van der Waals surface area contributed by atoms with Crippen LogP contribution >= 0.6 is 271 Å². The minimum absolute atomic E-state index is 0.0689. The lowest BCUT2D eigenvalue weighted by atomic mass is 10.3. The summed E-state index contributed by atoms with van der Waals surface area (Å²) in [5, 5.41) is 5.27. The van der Waals surface area contributed by atoms with Crippen molar-refractivity contribution < 1.29 is 0 Å². The average Bonchev–Trinajstić information content (AvgIpc) is 1.91. The summed E-state index contributed by atoms with van der Waals surface area (Å²) in [5.74, 6) is 0. The molecule has 1 nitrogen and oxygen atoms in total. The quantitative estimate of drug-likeness (QED) is 0.186. The lowest BCUT2D eigenvalue weighted by molar-refractivity contribution is 0.506. The van der Waals surface area contributed by atoms with Crippen molar-refractivity contribution >= 4 is 271 Å². The van der Waals surface area contributed by atoms with Gasteiger partial charge in [0.1, 0.15) is -2.26 Å². The average molecular weight is 1610 g/mol. The molecule has 0 saturated carbocycles. The first-order valence-electron chi connectivity index (χ1n) is 3.94. The van der Waals surface area contributed by atoms with Crippen LogP contribution in [0.3, 0.4) is 0 Å². The molecule has 0 aliphatic carbocycles. The molecular weight excluding hydrogens is 1610 g/mol. The smallest absolute Gasteiger partial charge is 0.144 e. The van der Waals surface area contributed by atoms with Crippen molar-refractivity contribution in [3.05, 3.63) is 0 Å². The second-order valence-corrected chi connectivity index (χ2v) is 48.3. The van der Waals surface area contributed by atoms with Crippen LogP contribution in [0.1, 0.15) is 0 Å². The molecule has 0 unspecified atom stereocenters. The third kappa shape index (κ3) is 12.1. The molecule has 0 atom stereocenters. The Morgan fingerprint density at radius 1 is 0.421 bits per heavy atom. The Balaban J connectivity index is 5.43. The number of rotatable bonds is 6. The van der Waals surface area contributed by atoms with Crippen molar-refractivity contribution in [2.45, 2.75) is 9.82 Å². The molecule has 0 spiro atoms. The third-order valence-corrected chi connectivity index (χ3v) is 8.62. The van der Waals surface area contributed by atoms with Gasteiger partial charge in [-0.1, -0.05) is 271 Å². The molecule has 115 valence electrons. The van der Waals surface area contributed by atoms with Crippen LogP contribution in [0.4, 0.5) is 0 Å². The first kappa shape index (κ1) is 27.7. The standard InChI is InChI=1S/C6H2I12N/c7-3(8,9)1(4(10,11)12)19-2(5(13,14)15)6(16,17)18/h1-2H. The van der Waals surface area contributed by atoms with Crippen molar-refractivity contribution in [1.82, 2.24) is 5.32 Å². The van der Waals surface area contributed by atoms with Crippen LogP contribution in [-0.2, 0) is 0 Å². The summed E-state index contributed by atoms with van der Waals surface area (Å²) < 4.78 is 0.276. The van der Waals surface area contributed by atoms with E-state index in [1.165, 1.54) is 0 Å². The minimum atomic E-state index is 0.0689. The normalized spacial score (nSPS) is 15.5. The molecule has 0 rings (SSSR count). The Morgan fingerprint density at radius 3 is 0.684 bits per heavy atom. The SMILES string of the molecule is IC(I)(I)C([N]C(C(I)(I)I)C(I)(I)I)C(I)(I)I. The van der Waals surface area contributed by atoms with E-state index < -0.39 is 0 Å². The molecule has 13 heteroatoms. The van der Waals surface area contributed by atoms with Crippen molar-refractivity contribution in [2.24, 2.45) is 0 Å². The van der Waals surface area contributed by atoms with Crippen LogP contribution in [-0.4, -0.2) is 9.82 Å². The van der Waals surface area contributed by atoms with Crippen LogP contribution in [0.25, 0.3) is 0 Å². The van der Waals surface area contributed by atoms with E-state index in [1.807, 2.05) is 0 Å². The molecule has 0 saturated heterocycles. The summed E-state index contributed by atoms with van der Waals surface area (Å²) in [4.78, 5) is 0. The highest BCUT2D eigenvalue weighted by atomic mass is 127. The predicted octanol–water partition coefficient (Wildman–Crippen LogP) is 9.16. The van der Waals surface area contributed by atoms with E-state index in [2.05, 4.69) is 271 Å². The van der Waals surface area contributed by atoms with Crippen molar-refractivity contribution in [2.75, 3.05) is 0 Å². The van der Waals surface area contributed by atoms with Crippen molar-refractivity contribution in [3.8, 4) is 0 Å². The van der Waals surface area contributed by atoms with Gasteiger partial charge in [-0.25, -0.2) is 5.32 Å². The van der Waals surface area contributed by atoms with Gasteiger partial charge in [0, 0.05) is 0 Å². The van der Waals surface area contributed by atoms with E-state index in [4.69, 9.17) is 5.32 Å². The van der Waals surface area contributed by atoms with Crippen LogP contribution in [0, 0.1) is 0 Å². The van der Waals surface area contributed by atoms with Crippen molar-refractivity contribution in [3.63, 3.8) is 0 Å². The second-order valence-electron chi connectivity index (χ2n) is 3.12. The Morgan fingerprint density at radius 2 is 0.579 bits per heavy atom. The zero-order valence-corrected chi connectivity index (χ0v) is 34.0. The van der Waals surface area contributed by atoms with E-state index in [0.717, 1.165) is 0 Å². The molecule has 0 heterocycles. The number of halogens is 12. The fourth-order valence-corrected chi connectivity index (χ4v) is 19.1. The predicted molar refractivity (Wildman–Crippen MR) is 189 cm³/mol. The van der Waals surface area contributed by atoms with Gasteiger partial charge in [0.25, 0.3) is 0 Å². The summed E-state index contributed by atoms with van der Waals surface area (Å²) in [6, 6.07) is 0.511. The zero-order chi connectivity index (χ0) is 15.9. The van der Waals surface area contributed by atoms with E-state index >= 15 is 0 Å². The van der Waals surface area contributed by atoms with E-state index in [1.54, 1.807) is 0 Å². The van der Waals surface area contributed by atoms with Gasteiger partial charge in [0.15, 0.2) is 0 Å². The molecule has 0 bridgehead atoms. The topological polar surface area (TPSA) is 14.1 Å². The molecule has 0 aliphatic heterocycles. The number of alkyl halides is 12. The van der Waals surface area contributed by atoms with Crippen LogP contribution in [0.15, 0.2) is 0 Å². The molecule has 0 aromatic heterocycles. The minimum Gasteiger partial charge on any atom is -0.223 e. The summed E-state index contributed by atoms with van der Waals surface area (Å²) in [7, 11) is 0. The first-order chi connectivity index (χ1) is 7.97. The van der Waals surface area contributed by atoms with Gasteiger partial charge < -0.3 is 0 Å². The Kier molecular flexibility index (Phi) is 16.3. The molecule has 0 aliphatic rings. The maximum atomic E-state index is 5.27. The Bertz CT molecular complexity index is 233. The van der Waals surface area contributed by atoms with Gasteiger partial charge in [-0.15, -0.1) is 0 Å². The van der Waals surface area contributed by atoms with Crippen LogP contribution < -0.4 is 5.32 Å². The number of hydrogen-bond donors (Lipinski definition) is 0. The van der Waals surface area contributed by atoms with E-state index in [9.17, 15) is 0 Å². The zero-order valence-electron chi connectivity index (χ0n) is 8.14. The summed E-state index contributed by atoms with van der Waals surface area (Å²) in [5.41, 5.74) is 0. The lowest BCUT2D eigenvalue weighted by Gasteiger charge is -2.40. The molecule has 19 heavy (non-hydrogen) atoms. The summed E-state index contributed by atoms with van der Waals surface area (Å²) in [6.07, 6.45) is 0. The van der Waals surface area contributed by atoms with Crippen LogP contribution in [0.2, 0.25) is 0 Å². The highest BCUT2D eigenvalue weighted by molar-refractivity contribution is 14.3. The summed E-state index contributed by atoms with van der Waals surface area (Å²) >= 11 is 30.0. The molecule has 0 fully saturated rings. The second kappa shape index (κ2) is 11.2. The van der Waals surface area contributed by atoms with Gasteiger partial charge in [0.05, 0.1) is 12.1 Å². The highest BCUT2D eigenvalue weighted by Crippen LogP contribution is 2.57. The van der Waals surface area contributed by atoms with Crippen molar-refractivity contribution in [1.29, 1.82) is 0 Å². The molecule has 0 aromatic rings. The molecule has 0 amide bonds. The highest BCUT2D eigenvalue weighted by Gasteiger charge is 2.52. The molecule has 0 N–H and O–H groups in total. The van der Waals surface area contributed by atoms with Gasteiger partial charge in [-0.05, 0) is 0 Å². The number of hydrogen-bond acceptors (Lipinski definition) is 0. The molecule has 0 aromatic carbocycles. The van der Waals surface area contributed by atoms with Gasteiger partial charge >= 0.3 is 0 Å². The third-order valence-electron chi connectivity index (χ3n) is 1.54. The van der Waals surface area contributed by atoms with E-state index in [-0.39, 0.29) is 9.82 Å². The Hall–Kier alpha value is 8.72. The van der Waals surface area contributed by atoms with Gasteiger partial charge in [0.2, 0.25) is 0 Å². The molecular formula is C6H2I12N. The van der Waals surface area contributed by atoms with Gasteiger partial charge in [-0.2, -0.15) is 0 Å². The maximum absolute atomic E-state index is 5.27. The maximum Gasteiger partial charge on any atom is 0.144 e. The lowest BCUT2D eigenvalue weighted by Crippen LogP contribution is -2.54. The monoisotopic (exact) mass is 1610 g/mol. The van der Waals surface area contributed by atoms with Crippen LogP contribution in [0.5, 0.6) is 0 Å². The fourth-order valence-electron chi connectivity index (χ4n) is 0.858. The van der Waals surface area contributed by atoms with Gasteiger partial charge in [-0.3, -0.25) is 0 Å². The Labute approximate surface area is 277 Å². The largest absolute Gasteiger partial charge is 0.223 e. The summed E-state index contributed by atoms with van der Waals surface area (Å²) in [6.45, 7) is 0. The first-order valence-corrected chi connectivity index (χ1v) is 16.9.